The highest BCUT2D eigenvalue weighted by atomic mass is 79.9. The van der Waals surface area contributed by atoms with Gasteiger partial charge in [0, 0.05) is 13.6 Å². The van der Waals surface area contributed by atoms with Gasteiger partial charge in [0.25, 0.3) is 5.56 Å². The number of hydrogen-bond donors (Lipinski definition) is 1. The lowest BCUT2D eigenvalue weighted by Crippen LogP contribution is -2.38. The van der Waals surface area contributed by atoms with Crippen LogP contribution in [0, 0.1) is 0 Å². The highest BCUT2D eigenvalue weighted by Gasteiger charge is 2.12. The Kier molecular flexibility index (Phi) is 2.26. The zero-order chi connectivity index (χ0) is 11.2. The monoisotopic (exact) mass is 272 g/mol. The van der Waals surface area contributed by atoms with Crippen LogP contribution in [0.15, 0.2) is 14.3 Å². The predicted molar refractivity (Wildman–Crippen MR) is 59.0 cm³/mol. The van der Waals surface area contributed by atoms with Crippen molar-refractivity contribution < 1.29 is 0 Å². The lowest BCUT2D eigenvalue weighted by molar-refractivity contribution is 0.637. The molecule has 6 nitrogen and oxygen atoms in total. The molecular formula is C8H9BrN4O2. The second-order valence-electron chi connectivity index (χ2n) is 3.12. The summed E-state index contributed by atoms with van der Waals surface area (Å²) in [6, 6.07) is 0. The molecule has 2 aromatic rings. The molecule has 2 heterocycles. The Labute approximate surface area is 92.7 Å². The van der Waals surface area contributed by atoms with E-state index in [0.717, 1.165) is 4.57 Å². The van der Waals surface area contributed by atoms with Crippen LogP contribution in [-0.2, 0) is 13.6 Å². The molecule has 0 aliphatic carbocycles. The Morgan fingerprint density at radius 3 is 2.73 bits per heavy atom. The largest absolute Gasteiger partial charge is 0.332 e. The second kappa shape index (κ2) is 3.34. The fourth-order valence-electron chi connectivity index (χ4n) is 1.50. The summed E-state index contributed by atoms with van der Waals surface area (Å²) >= 11 is 3.13. The summed E-state index contributed by atoms with van der Waals surface area (Å²) in [6.07, 6.45) is 0. The van der Waals surface area contributed by atoms with Crippen LogP contribution in [0.4, 0.5) is 0 Å². The van der Waals surface area contributed by atoms with Crippen LogP contribution in [0.2, 0.25) is 0 Å². The molecule has 15 heavy (non-hydrogen) atoms. The van der Waals surface area contributed by atoms with Gasteiger partial charge in [-0.05, 0) is 22.9 Å². The number of H-pyrrole nitrogens is 1. The van der Waals surface area contributed by atoms with Crippen molar-refractivity contribution in [3.63, 3.8) is 0 Å². The molecule has 0 amide bonds. The highest BCUT2D eigenvalue weighted by molar-refractivity contribution is 9.10. The first-order valence-electron chi connectivity index (χ1n) is 4.41. The van der Waals surface area contributed by atoms with E-state index in [-0.39, 0.29) is 11.2 Å². The SMILES string of the molecule is CCn1c(=O)c2[nH]c(Br)nc2n(C)c1=O. The van der Waals surface area contributed by atoms with E-state index in [2.05, 4.69) is 25.9 Å². The van der Waals surface area contributed by atoms with Gasteiger partial charge in [0.05, 0.1) is 0 Å². The molecule has 0 aliphatic heterocycles. The lowest BCUT2D eigenvalue weighted by atomic mass is 10.5. The fourth-order valence-corrected chi connectivity index (χ4v) is 1.87. The van der Waals surface area contributed by atoms with Gasteiger partial charge < -0.3 is 4.98 Å². The molecule has 0 fully saturated rings. The maximum atomic E-state index is 11.8. The average Bonchev–Trinajstić information content (AvgIpc) is 2.58. The zero-order valence-corrected chi connectivity index (χ0v) is 9.83. The topological polar surface area (TPSA) is 72.7 Å². The van der Waals surface area contributed by atoms with Crippen LogP contribution in [-0.4, -0.2) is 19.1 Å². The molecule has 7 heteroatoms. The molecule has 0 saturated carbocycles. The van der Waals surface area contributed by atoms with Gasteiger partial charge >= 0.3 is 5.69 Å². The third-order valence-electron chi connectivity index (χ3n) is 2.27. The first-order valence-corrected chi connectivity index (χ1v) is 5.20. The second-order valence-corrected chi connectivity index (χ2v) is 3.87. The summed E-state index contributed by atoms with van der Waals surface area (Å²) in [5.74, 6) is 0. The normalized spacial score (nSPS) is 11.1. The maximum Gasteiger partial charge on any atom is 0.332 e. The van der Waals surface area contributed by atoms with Crippen molar-refractivity contribution in [1.82, 2.24) is 19.1 Å². The maximum absolute atomic E-state index is 11.8. The summed E-state index contributed by atoms with van der Waals surface area (Å²) in [7, 11) is 1.59. The number of rotatable bonds is 1. The zero-order valence-electron chi connectivity index (χ0n) is 8.24. The van der Waals surface area contributed by atoms with Crippen molar-refractivity contribution in [3.05, 3.63) is 25.6 Å². The number of nitrogens with zero attached hydrogens (tertiary/aromatic N) is 3. The number of halogens is 1. The van der Waals surface area contributed by atoms with Crippen LogP contribution >= 0.6 is 15.9 Å². The number of aryl methyl sites for hydroxylation is 1. The molecule has 0 aliphatic rings. The van der Waals surface area contributed by atoms with E-state index < -0.39 is 0 Å². The van der Waals surface area contributed by atoms with Crippen molar-refractivity contribution in [2.45, 2.75) is 13.5 Å². The smallest absolute Gasteiger partial charge is 0.327 e. The molecule has 2 aromatic heterocycles. The third-order valence-corrected chi connectivity index (χ3v) is 2.64. The van der Waals surface area contributed by atoms with Gasteiger partial charge in [-0.2, -0.15) is 0 Å². The average molecular weight is 273 g/mol. The Bertz CT molecular complexity index is 636. The minimum Gasteiger partial charge on any atom is -0.327 e. The van der Waals surface area contributed by atoms with Crippen molar-refractivity contribution in [3.8, 4) is 0 Å². The highest BCUT2D eigenvalue weighted by Crippen LogP contribution is 2.08. The van der Waals surface area contributed by atoms with Crippen molar-refractivity contribution in [2.75, 3.05) is 0 Å². The summed E-state index contributed by atoms with van der Waals surface area (Å²) in [5.41, 5.74) is 0.00944. The third kappa shape index (κ3) is 1.34. The van der Waals surface area contributed by atoms with Gasteiger partial charge in [-0.25, -0.2) is 9.78 Å². The predicted octanol–water partition coefficient (Wildman–Crippen LogP) is 0.206. The summed E-state index contributed by atoms with van der Waals surface area (Å²) in [6.45, 7) is 2.10. The van der Waals surface area contributed by atoms with E-state index in [4.69, 9.17) is 0 Å². The molecule has 0 radical (unpaired) electrons. The quantitative estimate of drug-likeness (QED) is 0.755. The summed E-state index contributed by atoms with van der Waals surface area (Å²) in [4.78, 5) is 30.3. The minimum atomic E-state index is -0.353. The number of imidazole rings is 1. The first kappa shape index (κ1) is 10.2. The molecule has 80 valence electrons. The number of aromatic amines is 1. The number of nitrogens with one attached hydrogen (secondary N) is 1. The summed E-state index contributed by atoms with van der Waals surface area (Å²) in [5, 5.41) is 0. The van der Waals surface area contributed by atoms with E-state index in [1.807, 2.05) is 0 Å². The molecule has 0 spiro atoms. The molecular weight excluding hydrogens is 264 g/mol. The van der Waals surface area contributed by atoms with E-state index in [1.165, 1.54) is 4.57 Å². The minimum absolute atomic E-state index is 0.339. The van der Waals surface area contributed by atoms with E-state index in [1.54, 1.807) is 14.0 Å². The van der Waals surface area contributed by atoms with Gasteiger partial charge in [-0.3, -0.25) is 13.9 Å². The van der Waals surface area contributed by atoms with Crippen LogP contribution in [0.1, 0.15) is 6.92 Å². The lowest BCUT2D eigenvalue weighted by Gasteiger charge is -2.03. The van der Waals surface area contributed by atoms with Crippen LogP contribution < -0.4 is 11.2 Å². The van der Waals surface area contributed by atoms with Gasteiger partial charge in [0.15, 0.2) is 15.9 Å². The fraction of sp³-hybridized carbons (Fsp3) is 0.375. The molecule has 0 atom stereocenters. The van der Waals surface area contributed by atoms with Gasteiger partial charge in [-0.1, -0.05) is 0 Å². The molecule has 0 bridgehead atoms. The number of hydrogen-bond acceptors (Lipinski definition) is 3. The number of fused-ring (bicyclic) bond motifs is 1. The van der Waals surface area contributed by atoms with Crippen molar-refractivity contribution in [1.29, 1.82) is 0 Å². The van der Waals surface area contributed by atoms with Crippen molar-refractivity contribution >= 4 is 27.1 Å². The summed E-state index contributed by atoms with van der Waals surface area (Å²) < 4.78 is 2.95. The Balaban J connectivity index is 3.09. The van der Waals surface area contributed by atoms with E-state index in [9.17, 15) is 9.59 Å². The van der Waals surface area contributed by atoms with E-state index in [0.29, 0.717) is 22.4 Å². The first-order chi connectivity index (χ1) is 7.06. The Morgan fingerprint density at radius 1 is 1.47 bits per heavy atom. The van der Waals surface area contributed by atoms with Crippen LogP contribution in [0.5, 0.6) is 0 Å². The standard InChI is InChI=1S/C8H9BrN4O2/c1-3-13-6(14)4-5(11-7(9)10-4)12(2)8(13)15/h3H2,1-2H3,(H,10,11). The Morgan fingerprint density at radius 2 is 2.13 bits per heavy atom. The van der Waals surface area contributed by atoms with Crippen LogP contribution in [0.25, 0.3) is 11.2 Å². The molecule has 2 rings (SSSR count). The Hall–Kier alpha value is -1.37. The molecule has 1 N–H and O–H groups in total. The molecule has 0 unspecified atom stereocenters. The van der Waals surface area contributed by atoms with Crippen molar-refractivity contribution in [2.24, 2.45) is 7.05 Å². The van der Waals surface area contributed by atoms with Gasteiger partial charge in [0.2, 0.25) is 0 Å². The van der Waals surface area contributed by atoms with Gasteiger partial charge in [0.1, 0.15) is 0 Å². The molecule has 0 saturated heterocycles. The van der Waals surface area contributed by atoms with E-state index >= 15 is 0 Å². The van der Waals surface area contributed by atoms with Gasteiger partial charge in [-0.15, -0.1) is 0 Å². The van der Waals surface area contributed by atoms with Crippen LogP contribution in [0.3, 0.4) is 0 Å². The molecule has 0 aromatic carbocycles. The number of aromatic nitrogens is 4.